The van der Waals surface area contributed by atoms with Crippen molar-refractivity contribution in [1.29, 1.82) is 0 Å². The summed E-state index contributed by atoms with van der Waals surface area (Å²) in [6.45, 7) is 10.5. The third kappa shape index (κ3) is 2.44. The fourth-order valence-corrected chi connectivity index (χ4v) is 4.87. The molecule has 3 fully saturated rings. The Balaban J connectivity index is 1.54. The third-order valence-corrected chi connectivity index (χ3v) is 6.47. The maximum atomic E-state index is 6.81. The maximum absolute atomic E-state index is 6.81. The molecule has 0 amide bonds. The van der Waals surface area contributed by atoms with Gasteiger partial charge in [0.1, 0.15) is 0 Å². The van der Waals surface area contributed by atoms with Crippen molar-refractivity contribution < 1.29 is 9.47 Å². The highest BCUT2D eigenvalue weighted by Crippen LogP contribution is 2.57. The zero-order chi connectivity index (χ0) is 15.1. The van der Waals surface area contributed by atoms with Gasteiger partial charge in [-0.1, -0.05) is 20.8 Å². The van der Waals surface area contributed by atoms with E-state index in [4.69, 9.17) is 15.2 Å². The van der Waals surface area contributed by atoms with Gasteiger partial charge in [-0.2, -0.15) is 0 Å². The van der Waals surface area contributed by atoms with Crippen LogP contribution < -0.4 is 11.1 Å². The highest BCUT2D eigenvalue weighted by Gasteiger charge is 2.66. The van der Waals surface area contributed by atoms with E-state index in [2.05, 4.69) is 26.1 Å². The summed E-state index contributed by atoms with van der Waals surface area (Å²) >= 11 is 0. The second kappa shape index (κ2) is 5.80. The van der Waals surface area contributed by atoms with Crippen LogP contribution in [-0.4, -0.2) is 44.1 Å². The van der Waals surface area contributed by atoms with Crippen LogP contribution in [0.1, 0.15) is 46.5 Å². The second-order valence-electron chi connectivity index (χ2n) is 7.80. The molecule has 5 unspecified atom stereocenters. The van der Waals surface area contributed by atoms with E-state index in [1.165, 1.54) is 12.8 Å². The Hall–Kier alpha value is -0.160. The molecule has 3 aliphatic rings. The lowest BCUT2D eigenvalue weighted by Gasteiger charge is -2.66. The first-order valence-corrected chi connectivity index (χ1v) is 8.73. The summed E-state index contributed by atoms with van der Waals surface area (Å²) in [5.41, 5.74) is 6.76. The summed E-state index contributed by atoms with van der Waals surface area (Å²) in [6.07, 6.45) is 5.47. The lowest BCUT2D eigenvalue weighted by Crippen LogP contribution is -2.80. The average Bonchev–Trinajstić information content (AvgIpc) is 2.94. The number of ether oxygens (including phenoxy) is 2. The summed E-state index contributed by atoms with van der Waals surface area (Å²) in [5.74, 6) is 1.18. The van der Waals surface area contributed by atoms with Crippen LogP contribution in [0.25, 0.3) is 0 Å². The minimum atomic E-state index is -0.126. The van der Waals surface area contributed by atoms with Crippen LogP contribution in [-0.2, 0) is 9.47 Å². The molecule has 4 heteroatoms. The van der Waals surface area contributed by atoms with Crippen LogP contribution in [0, 0.1) is 17.3 Å². The Labute approximate surface area is 129 Å². The van der Waals surface area contributed by atoms with E-state index in [0.717, 1.165) is 39.1 Å². The molecule has 0 aromatic carbocycles. The summed E-state index contributed by atoms with van der Waals surface area (Å²) in [6, 6.07) is 0. The van der Waals surface area contributed by atoms with Crippen molar-refractivity contribution in [3.63, 3.8) is 0 Å². The third-order valence-electron chi connectivity index (χ3n) is 6.47. The molecular weight excluding hydrogens is 264 g/mol. The van der Waals surface area contributed by atoms with E-state index in [-0.39, 0.29) is 11.0 Å². The molecular formula is C17H32N2O2. The molecule has 0 radical (unpaired) electrons. The lowest BCUT2D eigenvalue weighted by molar-refractivity contribution is -0.225. The minimum absolute atomic E-state index is 0.0709. The SMILES string of the molecule is CCC1OCCC1CNCC1(N)C2CCCOC2C1(C)C. The Morgan fingerprint density at radius 3 is 2.76 bits per heavy atom. The van der Waals surface area contributed by atoms with Crippen LogP contribution in [0.15, 0.2) is 0 Å². The van der Waals surface area contributed by atoms with Gasteiger partial charge in [-0.25, -0.2) is 0 Å². The fourth-order valence-electron chi connectivity index (χ4n) is 4.87. The molecule has 2 heterocycles. The van der Waals surface area contributed by atoms with Gasteiger partial charge in [0, 0.05) is 43.2 Å². The van der Waals surface area contributed by atoms with E-state index < -0.39 is 0 Å². The molecule has 1 saturated carbocycles. The molecule has 1 aliphatic carbocycles. The predicted octanol–water partition coefficient (Wildman–Crippen LogP) is 1.92. The van der Waals surface area contributed by atoms with Gasteiger partial charge in [0.05, 0.1) is 12.2 Å². The van der Waals surface area contributed by atoms with Crippen LogP contribution >= 0.6 is 0 Å². The smallest absolute Gasteiger partial charge is 0.0690 e. The van der Waals surface area contributed by atoms with E-state index in [9.17, 15) is 0 Å². The maximum Gasteiger partial charge on any atom is 0.0690 e. The molecule has 0 bridgehead atoms. The molecule has 4 nitrogen and oxygen atoms in total. The number of fused-ring (bicyclic) bond motifs is 1. The monoisotopic (exact) mass is 296 g/mol. The average molecular weight is 296 g/mol. The Kier molecular flexibility index (Phi) is 4.34. The quantitative estimate of drug-likeness (QED) is 0.814. The Bertz CT molecular complexity index is 374. The summed E-state index contributed by atoms with van der Waals surface area (Å²) in [4.78, 5) is 0. The molecule has 0 aromatic rings. The van der Waals surface area contributed by atoms with Crippen molar-refractivity contribution >= 4 is 0 Å². The van der Waals surface area contributed by atoms with Crippen LogP contribution in [0.2, 0.25) is 0 Å². The molecule has 3 N–H and O–H groups in total. The highest BCUT2D eigenvalue weighted by molar-refractivity contribution is 5.20. The largest absolute Gasteiger partial charge is 0.378 e. The van der Waals surface area contributed by atoms with Gasteiger partial charge < -0.3 is 20.5 Å². The Morgan fingerprint density at radius 1 is 1.19 bits per heavy atom. The van der Waals surface area contributed by atoms with Crippen LogP contribution in [0.5, 0.6) is 0 Å². The lowest BCUT2D eigenvalue weighted by atomic mass is 9.46. The van der Waals surface area contributed by atoms with Crippen molar-refractivity contribution in [2.45, 2.75) is 64.2 Å². The first-order chi connectivity index (χ1) is 10.0. The van der Waals surface area contributed by atoms with Crippen molar-refractivity contribution in [3.05, 3.63) is 0 Å². The minimum Gasteiger partial charge on any atom is -0.378 e. The topological polar surface area (TPSA) is 56.5 Å². The predicted molar refractivity (Wildman–Crippen MR) is 84.2 cm³/mol. The van der Waals surface area contributed by atoms with Crippen molar-refractivity contribution in [2.75, 3.05) is 26.3 Å². The van der Waals surface area contributed by atoms with Crippen molar-refractivity contribution in [3.8, 4) is 0 Å². The van der Waals surface area contributed by atoms with E-state index in [0.29, 0.717) is 24.0 Å². The molecule has 21 heavy (non-hydrogen) atoms. The molecule has 0 aromatic heterocycles. The van der Waals surface area contributed by atoms with Gasteiger partial charge in [0.25, 0.3) is 0 Å². The molecule has 2 aliphatic heterocycles. The molecule has 2 saturated heterocycles. The first kappa shape index (κ1) is 15.7. The molecule has 122 valence electrons. The van der Waals surface area contributed by atoms with Gasteiger partial charge in [-0.15, -0.1) is 0 Å². The van der Waals surface area contributed by atoms with Gasteiger partial charge >= 0.3 is 0 Å². The van der Waals surface area contributed by atoms with Gasteiger partial charge in [0.2, 0.25) is 0 Å². The zero-order valence-electron chi connectivity index (χ0n) is 13.9. The van der Waals surface area contributed by atoms with E-state index in [1.807, 2.05) is 0 Å². The fraction of sp³-hybridized carbons (Fsp3) is 1.00. The van der Waals surface area contributed by atoms with Crippen molar-refractivity contribution in [2.24, 2.45) is 23.0 Å². The molecule has 3 rings (SSSR count). The van der Waals surface area contributed by atoms with Crippen LogP contribution in [0.4, 0.5) is 0 Å². The highest BCUT2D eigenvalue weighted by atomic mass is 16.5. The van der Waals surface area contributed by atoms with Gasteiger partial charge in [-0.3, -0.25) is 0 Å². The van der Waals surface area contributed by atoms with Crippen molar-refractivity contribution in [1.82, 2.24) is 5.32 Å². The number of hydrogen-bond acceptors (Lipinski definition) is 4. The summed E-state index contributed by atoms with van der Waals surface area (Å²) < 4.78 is 11.7. The second-order valence-corrected chi connectivity index (χ2v) is 7.80. The first-order valence-electron chi connectivity index (χ1n) is 8.73. The standard InChI is InChI=1S/C17H32N2O2/c1-4-14-12(7-9-20-14)10-19-11-17(18)13-6-5-8-21-15(13)16(17,2)3/h12-15,19H,4-11,18H2,1-3H3. The van der Waals surface area contributed by atoms with Gasteiger partial charge in [-0.05, 0) is 31.6 Å². The molecule has 5 atom stereocenters. The number of nitrogens with two attached hydrogens (primary N) is 1. The Morgan fingerprint density at radius 2 is 2.00 bits per heavy atom. The number of hydrogen-bond donors (Lipinski definition) is 2. The molecule has 0 spiro atoms. The summed E-state index contributed by atoms with van der Waals surface area (Å²) in [5, 5.41) is 3.66. The normalized spacial score (nSPS) is 45.1. The zero-order valence-corrected chi connectivity index (χ0v) is 13.9. The van der Waals surface area contributed by atoms with Gasteiger partial charge in [0.15, 0.2) is 0 Å². The van der Waals surface area contributed by atoms with E-state index in [1.54, 1.807) is 0 Å². The van der Waals surface area contributed by atoms with E-state index >= 15 is 0 Å². The summed E-state index contributed by atoms with van der Waals surface area (Å²) in [7, 11) is 0. The van der Waals surface area contributed by atoms with Crippen LogP contribution in [0.3, 0.4) is 0 Å². The number of rotatable bonds is 5. The number of nitrogens with one attached hydrogen (secondary N) is 1.